The highest BCUT2D eigenvalue weighted by molar-refractivity contribution is 7.92. The van der Waals surface area contributed by atoms with E-state index in [2.05, 4.69) is 5.32 Å². The van der Waals surface area contributed by atoms with Crippen LogP contribution in [0.5, 0.6) is 11.5 Å². The molecule has 1 N–H and O–H groups in total. The number of nitrogens with one attached hydrogen (secondary N) is 1. The smallest absolute Gasteiger partial charge is 0.251 e. The van der Waals surface area contributed by atoms with Gasteiger partial charge in [-0.3, -0.25) is 9.10 Å². The summed E-state index contributed by atoms with van der Waals surface area (Å²) in [5, 5.41) is 2.81. The van der Waals surface area contributed by atoms with Crippen molar-refractivity contribution >= 4 is 21.6 Å². The normalized spacial score (nSPS) is 15.9. The molecular formula is C19H22N2O5S. The third kappa shape index (κ3) is 4.33. The maximum Gasteiger partial charge on any atom is 0.251 e. The Morgan fingerprint density at radius 2 is 1.81 bits per heavy atom. The number of hydrogen-bond donors (Lipinski definition) is 1. The lowest BCUT2D eigenvalue weighted by Crippen LogP contribution is -2.40. The number of fused-ring (bicyclic) bond motifs is 1. The molecule has 1 amide bonds. The van der Waals surface area contributed by atoms with Gasteiger partial charge in [-0.25, -0.2) is 8.42 Å². The molecule has 0 aliphatic carbocycles. The second-order valence-corrected chi connectivity index (χ2v) is 8.41. The zero-order chi connectivity index (χ0) is 19.4. The Kier molecular flexibility index (Phi) is 5.55. The van der Waals surface area contributed by atoms with Crippen LogP contribution < -0.4 is 19.1 Å². The first kappa shape index (κ1) is 19.0. The Labute approximate surface area is 158 Å². The molecule has 8 heteroatoms. The summed E-state index contributed by atoms with van der Waals surface area (Å²) in [6.45, 7) is 2.25. The fourth-order valence-corrected chi connectivity index (χ4v) is 3.48. The average Bonchev–Trinajstić information content (AvgIpc) is 2.71. The van der Waals surface area contributed by atoms with Gasteiger partial charge in [-0.2, -0.15) is 0 Å². The summed E-state index contributed by atoms with van der Waals surface area (Å²) in [4.78, 5) is 12.3. The van der Waals surface area contributed by atoms with Gasteiger partial charge in [0.1, 0.15) is 12.7 Å². The minimum absolute atomic E-state index is 0.0122. The predicted octanol–water partition coefficient (Wildman–Crippen LogP) is 2.04. The molecule has 7 nitrogen and oxygen atoms in total. The second-order valence-electron chi connectivity index (χ2n) is 6.12. The number of carbonyl (C=O) groups excluding carboxylic acids is 1. The average molecular weight is 390 g/mol. The predicted molar refractivity (Wildman–Crippen MR) is 103 cm³/mol. The summed E-state index contributed by atoms with van der Waals surface area (Å²) in [6, 6.07) is 13.8. The first-order chi connectivity index (χ1) is 12.9. The van der Waals surface area contributed by atoms with Crippen LogP contribution in [0.25, 0.3) is 0 Å². The fourth-order valence-electron chi connectivity index (χ4n) is 2.65. The van der Waals surface area contributed by atoms with Crippen molar-refractivity contribution in [2.75, 3.05) is 30.3 Å². The minimum atomic E-state index is -3.33. The number of sulfonamides is 1. The van der Waals surface area contributed by atoms with E-state index >= 15 is 0 Å². The fraction of sp³-hybridized carbons (Fsp3) is 0.316. The van der Waals surface area contributed by atoms with Crippen LogP contribution in [-0.4, -0.2) is 46.4 Å². The lowest BCUT2D eigenvalue weighted by Gasteiger charge is -2.26. The minimum Gasteiger partial charge on any atom is -0.486 e. The molecule has 1 aliphatic rings. The quantitative estimate of drug-likeness (QED) is 0.816. The van der Waals surface area contributed by atoms with E-state index in [0.717, 1.165) is 0 Å². The van der Waals surface area contributed by atoms with E-state index in [-0.39, 0.29) is 17.8 Å². The zero-order valence-corrected chi connectivity index (χ0v) is 16.0. The SMILES string of the molecule is CCS(=O)(=O)N(C)c1ccc(C(=O)NC[C@H]2COc3ccccc3O2)cc1. The molecule has 1 heterocycles. The number of anilines is 1. The van der Waals surface area contributed by atoms with Gasteiger partial charge in [0, 0.05) is 12.6 Å². The van der Waals surface area contributed by atoms with Crippen molar-refractivity contribution in [1.29, 1.82) is 0 Å². The van der Waals surface area contributed by atoms with Crippen molar-refractivity contribution in [3.63, 3.8) is 0 Å². The molecule has 0 radical (unpaired) electrons. The van der Waals surface area contributed by atoms with E-state index in [1.54, 1.807) is 31.2 Å². The molecule has 144 valence electrons. The molecule has 3 rings (SSSR count). The van der Waals surface area contributed by atoms with Gasteiger partial charge in [-0.1, -0.05) is 12.1 Å². The van der Waals surface area contributed by atoms with Gasteiger partial charge in [0.25, 0.3) is 5.91 Å². The Hall–Kier alpha value is -2.74. The Morgan fingerprint density at radius 1 is 1.15 bits per heavy atom. The number of rotatable bonds is 6. The van der Waals surface area contributed by atoms with Crippen molar-refractivity contribution in [3.05, 3.63) is 54.1 Å². The van der Waals surface area contributed by atoms with Crippen molar-refractivity contribution in [2.24, 2.45) is 0 Å². The number of amides is 1. The maximum atomic E-state index is 12.3. The van der Waals surface area contributed by atoms with Crippen molar-refractivity contribution in [2.45, 2.75) is 13.0 Å². The molecule has 0 bridgehead atoms. The first-order valence-electron chi connectivity index (χ1n) is 8.64. The number of benzene rings is 2. The van der Waals surface area contributed by atoms with Crippen LogP contribution in [-0.2, 0) is 10.0 Å². The van der Waals surface area contributed by atoms with E-state index in [0.29, 0.717) is 35.9 Å². The molecule has 0 unspecified atom stereocenters. The zero-order valence-electron chi connectivity index (χ0n) is 15.2. The van der Waals surface area contributed by atoms with E-state index in [1.165, 1.54) is 11.4 Å². The molecule has 0 saturated carbocycles. The largest absolute Gasteiger partial charge is 0.486 e. The van der Waals surface area contributed by atoms with Crippen LogP contribution in [0.4, 0.5) is 5.69 Å². The highest BCUT2D eigenvalue weighted by Crippen LogP contribution is 2.30. The van der Waals surface area contributed by atoms with E-state index < -0.39 is 10.0 Å². The van der Waals surface area contributed by atoms with Crippen LogP contribution in [0.3, 0.4) is 0 Å². The van der Waals surface area contributed by atoms with Gasteiger partial charge in [-0.15, -0.1) is 0 Å². The Balaban J connectivity index is 1.57. The van der Waals surface area contributed by atoms with Crippen LogP contribution in [0, 0.1) is 0 Å². The topological polar surface area (TPSA) is 84.9 Å². The van der Waals surface area contributed by atoms with Crippen LogP contribution >= 0.6 is 0 Å². The number of ether oxygens (including phenoxy) is 2. The lowest BCUT2D eigenvalue weighted by atomic mass is 10.2. The third-order valence-corrected chi connectivity index (χ3v) is 6.11. The van der Waals surface area contributed by atoms with Gasteiger partial charge < -0.3 is 14.8 Å². The molecular weight excluding hydrogens is 368 g/mol. The van der Waals surface area contributed by atoms with Crippen LogP contribution in [0.2, 0.25) is 0 Å². The molecule has 1 aliphatic heterocycles. The monoisotopic (exact) mass is 390 g/mol. The molecule has 27 heavy (non-hydrogen) atoms. The standard InChI is InChI=1S/C19H22N2O5S/c1-3-27(23,24)21(2)15-10-8-14(9-11-15)19(22)20-12-16-13-25-17-6-4-5-7-18(17)26-16/h4-11,16H,3,12-13H2,1-2H3,(H,20,22)/t16-/m0/s1. The Morgan fingerprint density at radius 3 is 2.48 bits per heavy atom. The Bertz CT molecular complexity index is 912. The van der Waals surface area contributed by atoms with Gasteiger partial charge >= 0.3 is 0 Å². The molecule has 2 aromatic rings. The number of hydrogen-bond acceptors (Lipinski definition) is 5. The first-order valence-corrected chi connectivity index (χ1v) is 10.2. The second kappa shape index (κ2) is 7.87. The van der Waals surface area contributed by atoms with E-state index in [9.17, 15) is 13.2 Å². The molecule has 2 aromatic carbocycles. The van der Waals surface area contributed by atoms with Gasteiger partial charge in [0.2, 0.25) is 10.0 Å². The van der Waals surface area contributed by atoms with Gasteiger partial charge in [0.05, 0.1) is 18.0 Å². The number of para-hydroxylation sites is 2. The lowest BCUT2D eigenvalue weighted by molar-refractivity contribution is 0.0789. The molecule has 0 saturated heterocycles. The van der Waals surface area contributed by atoms with Crippen LogP contribution in [0.1, 0.15) is 17.3 Å². The van der Waals surface area contributed by atoms with Crippen molar-refractivity contribution in [1.82, 2.24) is 5.32 Å². The van der Waals surface area contributed by atoms with Gasteiger partial charge in [0.15, 0.2) is 11.5 Å². The van der Waals surface area contributed by atoms with E-state index in [1.807, 2.05) is 24.3 Å². The molecule has 0 aromatic heterocycles. The third-order valence-electron chi connectivity index (χ3n) is 4.33. The van der Waals surface area contributed by atoms with Gasteiger partial charge in [-0.05, 0) is 43.3 Å². The summed E-state index contributed by atoms with van der Waals surface area (Å²) in [7, 11) is -1.84. The summed E-state index contributed by atoms with van der Waals surface area (Å²) in [6.07, 6.45) is -0.274. The molecule has 0 spiro atoms. The highest BCUT2D eigenvalue weighted by Gasteiger charge is 2.21. The summed E-state index contributed by atoms with van der Waals surface area (Å²) in [5.74, 6) is 1.11. The molecule has 1 atom stereocenters. The highest BCUT2D eigenvalue weighted by atomic mass is 32.2. The number of carbonyl (C=O) groups is 1. The summed E-state index contributed by atoms with van der Waals surface area (Å²) in [5.41, 5.74) is 0.951. The number of nitrogens with zero attached hydrogens (tertiary/aromatic N) is 1. The maximum absolute atomic E-state index is 12.3. The summed E-state index contributed by atoms with van der Waals surface area (Å²) >= 11 is 0. The van der Waals surface area contributed by atoms with Crippen molar-refractivity contribution in [3.8, 4) is 11.5 Å². The summed E-state index contributed by atoms with van der Waals surface area (Å²) < 4.78 is 36.4. The molecule has 0 fully saturated rings. The van der Waals surface area contributed by atoms with Crippen LogP contribution in [0.15, 0.2) is 48.5 Å². The van der Waals surface area contributed by atoms with Crippen molar-refractivity contribution < 1.29 is 22.7 Å². The van der Waals surface area contributed by atoms with E-state index in [4.69, 9.17) is 9.47 Å².